The first-order valence-corrected chi connectivity index (χ1v) is 10.9. The summed E-state index contributed by atoms with van der Waals surface area (Å²) in [7, 11) is 0. The van der Waals surface area contributed by atoms with Gasteiger partial charge in [0.2, 0.25) is 5.78 Å². The number of carbonyl (C=O) groups is 1. The summed E-state index contributed by atoms with van der Waals surface area (Å²) in [5, 5.41) is 14.0. The Hall–Kier alpha value is -3.22. The van der Waals surface area contributed by atoms with Crippen LogP contribution in [-0.4, -0.2) is 30.6 Å². The zero-order valence-electron chi connectivity index (χ0n) is 17.0. The molecular weight excluding hydrogens is 413 g/mol. The van der Waals surface area contributed by atoms with E-state index >= 15 is 0 Å². The van der Waals surface area contributed by atoms with Crippen molar-refractivity contribution in [3.05, 3.63) is 83.0 Å². The third-order valence-electron chi connectivity index (χ3n) is 4.93. The first-order valence-electron chi connectivity index (χ1n) is 10.1. The van der Waals surface area contributed by atoms with E-state index in [-0.39, 0.29) is 17.3 Å². The Morgan fingerprint density at radius 2 is 1.81 bits per heavy atom. The van der Waals surface area contributed by atoms with Crippen molar-refractivity contribution < 1.29 is 19.0 Å². The zero-order chi connectivity index (χ0) is 21.8. The smallest absolute Gasteiger partial charge is 0.203 e. The second-order valence-corrected chi connectivity index (χ2v) is 8.10. The van der Waals surface area contributed by atoms with Crippen molar-refractivity contribution in [2.75, 3.05) is 19.7 Å². The lowest BCUT2D eigenvalue weighted by Gasteiger charge is -2.09. The van der Waals surface area contributed by atoms with Crippen molar-refractivity contribution in [1.82, 2.24) is 5.32 Å². The predicted octanol–water partition coefficient (Wildman–Crippen LogP) is 5.63. The van der Waals surface area contributed by atoms with Gasteiger partial charge in [0.15, 0.2) is 0 Å². The monoisotopic (exact) mass is 435 g/mol. The first kappa shape index (κ1) is 21.0. The van der Waals surface area contributed by atoms with Crippen LogP contribution in [0.3, 0.4) is 0 Å². The Kier molecular flexibility index (Phi) is 6.30. The van der Waals surface area contributed by atoms with Crippen LogP contribution >= 0.6 is 11.3 Å². The van der Waals surface area contributed by atoms with E-state index in [9.17, 15) is 14.3 Å². The van der Waals surface area contributed by atoms with Crippen molar-refractivity contribution in [2.24, 2.45) is 0 Å². The highest BCUT2D eigenvalue weighted by Gasteiger charge is 2.21. The van der Waals surface area contributed by atoms with E-state index < -0.39 is 0 Å². The molecule has 31 heavy (non-hydrogen) atoms. The second-order valence-electron chi connectivity index (χ2n) is 7.05. The Bertz CT molecular complexity index is 1200. The van der Waals surface area contributed by atoms with Gasteiger partial charge in [0, 0.05) is 27.8 Å². The minimum atomic E-state index is -0.386. The van der Waals surface area contributed by atoms with Crippen molar-refractivity contribution >= 4 is 27.2 Å². The summed E-state index contributed by atoms with van der Waals surface area (Å²) in [5.41, 5.74) is 2.09. The molecule has 1 heterocycles. The van der Waals surface area contributed by atoms with Gasteiger partial charge in [-0.05, 0) is 66.7 Å². The number of hydrogen-bond acceptors (Lipinski definition) is 5. The van der Waals surface area contributed by atoms with Gasteiger partial charge in [-0.3, -0.25) is 4.79 Å². The van der Waals surface area contributed by atoms with Crippen LogP contribution in [0.5, 0.6) is 11.5 Å². The van der Waals surface area contributed by atoms with Gasteiger partial charge in [-0.1, -0.05) is 19.1 Å². The molecule has 4 aromatic rings. The van der Waals surface area contributed by atoms with E-state index in [1.807, 2.05) is 37.3 Å². The predicted molar refractivity (Wildman–Crippen MR) is 123 cm³/mol. The van der Waals surface area contributed by atoms with Gasteiger partial charge in [0.25, 0.3) is 0 Å². The van der Waals surface area contributed by atoms with Crippen LogP contribution in [0.1, 0.15) is 22.2 Å². The summed E-state index contributed by atoms with van der Waals surface area (Å²) in [4.78, 5) is 13.8. The Labute approximate surface area is 183 Å². The summed E-state index contributed by atoms with van der Waals surface area (Å²) < 4.78 is 19.9. The number of thiophene rings is 1. The Balaban J connectivity index is 1.73. The quantitative estimate of drug-likeness (QED) is 0.278. The normalized spacial score (nSPS) is 11.0. The molecule has 0 atom stereocenters. The SMILES string of the molecule is CCNCCOc1ccc(-c2c(C(=O)c3ccc(F)cc3)sc3cc(O)ccc23)cc1. The van der Waals surface area contributed by atoms with E-state index in [2.05, 4.69) is 5.32 Å². The molecule has 4 nitrogen and oxygen atoms in total. The number of hydrogen-bond donors (Lipinski definition) is 2. The number of carbonyl (C=O) groups excluding carboxylic acids is 1. The van der Waals surface area contributed by atoms with Gasteiger partial charge in [0.1, 0.15) is 23.9 Å². The molecular formula is C25H22FNO3S. The number of likely N-dealkylation sites (N-methyl/N-ethyl adjacent to an activating group) is 1. The number of ketones is 1. The molecule has 6 heteroatoms. The minimum Gasteiger partial charge on any atom is -0.508 e. The largest absolute Gasteiger partial charge is 0.508 e. The lowest BCUT2D eigenvalue weighted by molar-refractivity contribution is 0.104. The first-order chi connectivity index (χ1) is 15.1. The maximum absolute atomic E-state index is 13.3. The summed E-state index contributed by atoms with van der Waals surface area (Å²) >= 11 is 1.32. The fourth-order valence-electron chi connectivity index (χ4n) is 3.40. The maximum Gasteiger partial charge on any atom is 0.203 e. The van der Waals surface area contributed by atoms with Crippen molar-refractivity contribution in [2.45, 2.75) is 6.92 Å². The van der Waals surface area contributed by atoms with Crippen molar-refractivity contribution in [3.63, 3.8) is 0 Å². The highest BCUT2D eigenvalue weighted by Crippen LogP contribution is 2.41. The van der Waals surface area contributed by atoms with Crippen molar-refractivity contribution in [1.29, 1.82) is 0 Å². The zero-order valence-corrected chi connectivity index (χ0v) is 17.8. The van der Waals surface area contributed by atoms with Gasteiger partial charge >= 0.3 is 0 Å². The maximum atomic E-state index is 13.3. The molecule has 1 aromatic heterocycles. The van der Waals surface area contributed by atoms with Gasteiger partial charge in [0.05, 0.1) is 4.88 Å². The highest BCUT2D eigenvalue weighted by molar-refractivity contribution is 7.21. The molecule has 0 aliphatic rings. The highest BCUT2D eigenvalue weighted by atomic mass is 32.1. The molecule has 0 bridgehead atoms. The topological polar surface area (TPSA) is 58.6 Å². The van der Waals surface area contributed by atoms with Crippen LogP contribution in [0.15, 0.2) is 66.7 Å². The molecule has 0 unspecified atom stereocenters. The molecule has 4 rings (SSSR count). The second kappa shape index (κ2) is 9.29. The van der Waals surface area contributed by atoms with Crippen LogP contribution in [0, 0.1) is 5.82 Å². The van der Waals surface area contributed by atoms with Crippen LogP contribution in [-0.2, 0) is 0 Å². The van der Waals surface area contributed by atoms with Crippen LogP contribution in [0.25, 0.3) is 21.2 Å². The lowest BCUT2D eigenvalue weighted by atomic mass is 9.98. The van der Waals surface area contributed by atoms with E-state index in [4.69, 9.17) is 4.74 Å². The molecule has 0 aliphatic heterocycles. The third kappa shape index (κ3) is 4.60. The fraction of sp³-hybridized carbons (Fsp3) is 0.160. The number of phenols is 1. The van der Waals surface area contributed by atoms with Crippen LogP contribution < -0.4 is 10.1 Å². The van der Waals surface area contributed by atoms with Gasteiger partial charge in [-0.2, -0.15) is 0 Å². The molecule has 158 valence electrons. The number of halogens is 1. The molecule has 0 fully saturated rings. The summed E-state index contributed by atoms with van der Waals surface area (Å²) in [5.74, 6) is 0.333. The molecule has 0 aliphatic carbocycles. The third-order valence-corrected chi connectivity index (χ3v) is 6.08. The molecule has 0 spiro atoms. The van der Waals surface area contributed by atoms with Crippen LogP contribution in [0.2, 0.25) is 0 Å². The minimum absolute atomic E-state index is 0.144. The number of benzene rings is 3. The number of phenolic OH excluding ortho intramolecular Hbond substituents is 1. The van der Waals surface area contributed by atoms with E-state index in [1.54, 1.807) is 12.1 Å². The number of aromatic hydroxyl groups is 1. The standard InChI is InChI=1S/C25H22FNO3S/c1-2-27-13-14-30-20-10-5-16(6-11-20)23-21-12-9-19(28)15-22(21)31-25(23)24(29)17-3-7-18(26)8-4-17/h3-12,15,27-28H,2,13-14H2,1H3. The van der Waals surface area contributed by atoms with Gasteiger partial charge < -0.3 is 15.2 Å². The van der Waals surface area contributed by atoms with E-state index in [1.165, 1.54) is 35.6 Å². The molecule has 0 amide bonds. The average Bonchev–Trinajstić information content (AvgIpc) is 3.15. The number of rotatable bonds is 8. The number of nitrogens with one attached hydrogen (secondary N) is 1. The van der Waals surface area contributed by atoms with E-state index in [0.717, 1.165) is 40.1 Å². The summed E-state index contributed by atoms with van der Waals surface area (Å²) in [6, 6.07) is 18.3. The molecule has 3 aromatic carbocycles. The molecule has 0 saturated heterocycles. The van der Waals surface area contributed by atoms with Gasteiger partial charge in [-0.15, -0.1) is 11.3 Å². The lowest BCUT2D eigenvalue weighted by Crippen LogP contribution is -2.20. The average molecular weight is 436 g/mol. The van der Waals surface area contributed by atoms with Gasteiger partial charge in [-0.25, -0.2) is 4.39 Å². The number of fused-ring (bicyclic) bond motifs is 1. The number of ether oxygens (including phenoxy) is 1. The summed E-state index contributed by atoms with van der Waals surface area (Å²) in [6.45, 7) is 4.29. The van der Waals surface area contributed by atoms with Crippen molar-refractivity contribution in [3.8, 4) is 22.6 Å². The van der Waals surface area contributed by atoms with E-state index in [0.29, 0.717) is 17.0 Å². The Morgan fingerprint density at radius 3 is 2.52 bits per heavy atom. The van der Waals surface area contributed by atoms with Crippen LogP contribution in [0.4, 0.5) is 4.39 Å². The fourth-order valence-corrected chi connectivity index (χ4v) is 4.62. The molecule has 2 N–H and O–H groups in total. The molecule has 0 saturated carbocycles. The summed E-state index contributed by atoms with van der Waals surface area (Å²) in [6.07, 6.45) is 0. The Morgan fingerprint density at radius 1 is 1.06 bits per heavy atom. The molecule has 0 radical (unpaired) electrons.